The van der Waals surface area contributed by atoms with Crippen molar-refractivity contribution >= 4 is 21.4 Å². The second kappa shape index (κ2) is 10.7. The molecule has 1 fully saturated rings. The molecule has 2 aromatic rings. The number of carbonyl (C=O) groups excluding carboxylic acids is 1. The highest BCUT2D eigenvalue weighted by molar-refractivity contribution is 6.31. The highest BCUT2D eigenvalue weighted by Crippen LogP contribution is 2.37. The smallest absolute Gasteiger partial charge is 0.417 e. The van der Waals surface area contributed by atoms with Crippen molar-refractivity contribution in [1.82, 2.24) is 4.90 Å². The van der Waals surface area contributed by atoms with E-state index in [9.17, 15) is 18.0 Å². The molecule has 1 amide bonds. The van der Waals surface area contributed by atoms with Gasteiger partial charge in [-0.2, -0.15) is 0 Å². The molecule has 2 aromatic carbocycles. The second-order valence-electron chi connectivity index (χ2n) is 10.8. The SMILES string of the molecule is CC(C)(C)[SiH2]OC(C)(C)[C@H]1CC[C@@H](C(=O)Nc2cccc(OC(F)(F)F)c2)N1Cc1ccccc1. The number of amides is 1. The van der Waals surface area contributed by atoms with Crippen LogP contribution < -0.4 is 10.1 Å². The quantitative estimate of drug-likeness (QED) is 0.468. The first-order chi connectivity index (χ1) is 16.2. The molecule has 0 bridgehead atoms. The molecule has 1 aliphatic heterocycles. The van der Waals surface area contributed by atoms with Crippen LogP contribution in [0.1, 0.15) is 53.0 Å². The number of ether oxygens (including phenoxy) is 1. The first-order valence-corrected chi connectivity index (χ1v) is 13.1. The molecule has 9 heteroatoms. The molecule has 0 saturated carbocycles. The van der Waals surface area contributed by atoms with Gasteiger partial charge in [0.05, 0.1) is 11.6 Å². The molecule has 5 nitrogen and oxygen atoms in total. The second-order valence-corrected chi connectivity index (χ2v) is 13.5. The number of nitrogens with one attached hydrogen (secondary N) is 1. The first kappa shape index (κ1) is 27.2. The van der Waals surface area contributed by atoms with E-state index in [2.05, 4.69) is 49.6 Å². The van der Waals surface area contributed by atoms with E-state index >= 15 is 0 Å². The number of carbonyl (C=O) groups is 1. The van der Waals surface area contributed by atoms with E-state index in [-0.39, 0.29) is 28.4 Å². The lowest BCUT2D eigenvalue weighted by atomic mass is 9.96. The van der Waals surface area contributed by atoms with Gasteiger partial charge in [-0.05, 0) is 49.4 Å². The molecule has 0 unspecified atom stereocenters. The number of anilines is 1. The lowest BCUT2D eigenvalue weighted by molar-refractivity contribution is -0.274. The van der Waals surface area contributed by atoms with Gasteiger partial charge in [0.25, 0.3) is 0 Å². The lowest BCUT2D eigenvalue weighted by Crippen LogP contribution is -2.52. The van der Waals surface area contributed by atoms with E-state index in [1.807, 2.05) is 30.3 Å². The van der Waals surface area contributed by atoms with Crippen molar-refractivity contribution in [3.63, 3.8) is 0 Å². The monoisotopic (exact) mass is 508 g/mol. The Morgan fingerprint density at radius 3 is 2.34 bits per heavy atom. The molecule has 3 rings (SSSR count). The molecular weight excluding hydrogens is 473 g/mol. The molecule has 2 atom stereocenters. The molecule has 1 N–H and O–H groups in total. The van der Waals surface area contributed by atoms with E-state index in [0.717, 1.165) is 12.0 Å². The average molecular weight is 509 g/mol. The Kier molecular flexibility index (Phi) is 8.34. The van der Waals surface area contributed by atoms with Crippen molar-refractivity contribution in [3.05, 3.63) is 60.2 Å². The van der Waals surface area contributed by atoms with Gasteiger partial charge in [-0.25, -0.2) is 0 Å². The minimum atomic E-state index is -4.80. The minimum absolute atomic E-state index is 0.0215. The van der Waals surface area contributed by atoms with Gasteiger partial charge < -0.3 is 14.5 Å². The maximum atomic E-state index is 13.4. The van der Waals surface area contributed by atoms with E-state index in [1.165, 1.54) is 18.2 Å². The third-order valence-corrected chi connectivity index (χ3v) is 7.79. The van der Waals surface area contributed by atoms with Crippen molar-refractivity contribution in [2.75, 3.05) is 5.32 Å². The molecule has 35 heavy (non-hydrogen) atoms. The van der Waals surface area contributed by atoms with Gasteiger partial charge in [0.2, 0.25) is 5.91 Å². The van der Waals surface area contributed by atoms with Gasteiger partial charge in [0, 0.05) is 24.3 Å². The van der Waals surface area contributed by atoms with Crippen LogP contribution in [0.2, 0.25) is 5.04 Å². The van der Waals surface area contributed by atoms with Crippen LogP contribution in [-0.4, -0.2) is 44.6 Å². The van der Waals surface area contributed by atoms with Crippen molar-refractivity contribution in [2.24, 2.45) is 0 Å². The zero-order valence-corrected chi connectivity index (χ0v) is 22.4. The van der Waals surface area contributed by atoms with Gasteiger partial charge in [0.1, 0.15) is 5.75 Å². The first-order valence-electron chi connectivity index (χ1n) is 11.8. The zero-order chi connectivity index (χ0) is 25.9. The number of benzene rings is 2. The van der Waals surface area contributed by atoms with Crippen molar-refractivity contribution in [3.8, 4) is 5.75 Å². The highest BCUT2D eigenvalue weighted by atomic mass is 28.2. The molecule has 1 aliphatic rings. The van der Waals surface area contributed by atoms with Crippen LogP contribution in [0, 0.1) is 0 Å². The fourth-order valence-electron chi connectivity index (χ4n) is 4.40. The number of hydrogen-bond acceptors (Lipinski definition) is 4. The summed E-state index contributed by atoms with van der Waals surface area (Å²) in [7, 11) is -0.817. The summed E-state index contributed by atoms with van der Waals surface area (Å²) < 4.78 is 48.3. The number of likely N-dealkylation sites (tertiary alicyclic amines) is 1. The minimum Gasteiger partial charge on any atom is -0.417 e. The number of rotatable bonds is 8. The predicted molar refractivity (Wildman–Crippen MR) is 134 cm³/mol. The normalized spacial score (nSPS) is 19.9. The van der Waals surface area contributed by atoms with Crippen LogP contribution in [0.4, 0.5) is 18.9 Å². The van der Waals surface area contributed by atoms with Crippen LogP contribution >= 0.6 is 0 Å². The molecule has 0 radical (unpaired) electrons. The van der Waals surface area contributed by atoms with Crippen molar-refractivity contribution in [1.29, 1.82) is 0 Å². The van der Waals surface area contributed by atoms with E-state index in [1.54, 1.807) is 6.07 Å². The summed E-state index contributed by atoms with van der Waals surface area (Å²) in [4.78, 5) is 15.5. The Hall–Kier alpha value is -2.36. The van der Waals surface area contributed by atoms with E-state index < -0.39 is 27.8 Å². The maximum Gasteiger partial charge on any atom is 0.573 e. The summed E-state index contributed by atoms with van der Waals surface area (Å²) in [5, 5.41) is 2.93. The summed E-state index contributed by atoms with van der Waals surface area (Å²) in [5.74, 6) is -0.626. The fourth-order valence-corrected chi connectivity index (χ4v) is 5.40. The van der Waals surface area contributed by atoms with Gasteiger partial charge in [-0.1, -0.05) is 57.2 Å². The van der Waals surface area contributed by atoms with Crippen LogP contribution in [0.15, 0.2) is 54.6 Å². The van der Waals surface area contributed by atoms with Crippen molar-refractivity contribution in [2.45, 2.75) is 83.1 Å². The standard InChI is InChI=1S/C26H35F3N2O3Si/c1-24(2,3)35-34-25(4,5)22-15-14-21(31(22)17-18-10-7-6-8-11-18)23(32)30-19-12-9-13-20(16-19)33-26(27,28)29/h6-13,16,21-22H,14-15,17,35H2,1-5H3,(H,30,32)/t21-,22+/m0/s1. The Morgan fingerprint density at radius 2 is 1.71 bits per heavy atom. The van der Waals surface area contributed by atoms with E-state index in [0.29, 0.717) is 13.0 Å². The number of alkyl halides is 3. The highest BCUT2D eigenvalue weighted by Gasteiger charge is 2.45. The van der Waals surface area contributed by atoms with Gasteiger partial charge in [-0.3, -0.25) is 9.69 Å². The van der Waals surface area contributed by atoms with Crippen molar-refractivity contribution < 1.29 is 27.1 Å². The molecule has 0 aromatic heterocycles. The molecule has 0 aliphatic carbocycles. The summed E-state index contributed by atoms with van der Waals surface area (Å²) >= 11 is 0. The average Bonchev–Trinajstić information content (AvgIpc) is 3.16. The Bertz CT molecular complexity index is 993. The Balaban J connectivity index is 1.80. The molecular formula is C26H35F3N2O3Si. The van der Waals surface area contributed by atoms with Gasteiger partial charge in [0.15, 0.2) is 9.76 Å². The van der Waals surface area contributed by atoms with Gasteiger partial charge >= 0.3 is 6.36 Å². The largest absolute Gasteiger partial charge is 0.573 e. The predicted octanol–water partition coefficient (Wildman–Crippen LogP) is 5.65. The number of hydrogen-bond donors (Lipinski definition) is 1. The summed E-state index contributed by atoms with van der Waals surface area (Å²) in [6.07, 6.45) is -3.38. The number of nitrogens with zero attached hydrogens (tertiary/aromatic N) is 1. The van der Waals surface area contributed by atoms with Crippen LogP contribution in [0.5, 0.6) is 5.75 Å². The Labute approximate surface area is 207 Å². The topological polar surface area (TPSA) is 50.8 Å². The molecule has 1 saturated heterocycles. The fraction of sp³-hybridized carbons (Fsp3) is 0.500. The lowest BCUT2D eigenvalue weighted by Gasteiger charge is -2.41. The van der Waals surface area contributed by atoms with Crippen LogP contribution in [0.3, 0.4) is 0 Å². The zero-order valence-electron chi connectivity index (χ0n) is 21.0. The third kappa shape index (κ3) is 8.08. The van der Waals surface area contributed by atoms with Crippen LogP contribution in [0.25, 0.3) is 0 Å². The Morgan fingerprint density at radius 1 is 1.03 bits per heavy atom. The third-order valence-electron chi connectivity index (χ3n) is 6.04. The summed E-state index contributed by atoms with van der Waals surface area (Å²) in [6.45, 7) is 11.3. The molecule has 0 spiro atoms. The molecule has 1 heterocycles. The summed E-state index contributed by atoms with van der Waals surface area (Å²) in [6, 6.07) is 14.9. The van der Waals surface area contributed by atoms with Crippen LogP contribution in [-0.2, 0) is 15.8 Å². The summed E-state index contributed by atoms with van der Waals surface area (Å²) in [5.41, 5.74) is 0.904. The van der Waals surface area contributed by atoms with Gasteiger partial charge in [-0.15, -0.1) is 13.2 Å². The molecule has 192 valence electrons. The maximum absolute atomic E-state index is 13.4. The van der Waals surface area contributed by atoms with E-state index in [4.69, 9.17) is 4.43 Å². The number of halogens is 3.